The summed E-state index contributed by atoms with van der Waals surface area (Å²) in [5.74, 6) is 1.84. The van der Waals surface area contributed by atoms with Crippen LogP contribution >= 0.6 is 24.0 Å². The molecule has 140 valence electrons. The van der Waals surface area contributed by atoms with Gasteiger partial charge in [0.15, 0.2) is 17.5 Å². The molecule has 0 bridgehead atoms. The molecule has 1 aliphatic heterocycles. The Hall–Kier alpha value is -2.00. The van der Waals surface area contributed by atoms with Crippen molar-refractivity contribution in [3.63, 3.8) is 0 Å². The molecule has 2 aromatic carbocycles. The van der Waals surface area contributed by atoms with E-state index in [2.05, 4.69) is 10.3 Å². The SMILES string of the molecule is I.NC(=NCCc1ccc(CO)cc1)Nc1ccc2c(c1)OCCCO2. The number of aliphatic hydroxyl groups is 1. The highest BCUT2D eigenvalue weighted by Gasteiger charge is 2.10. The third kappa shape index (κ3) is 5.77. The zero-order chi connectivity index (χ0) is 17.5. The number of nitrogens with two attached hydrogens (primary N) is 1. The maximum Gasteiger partial charge on any atom is 0.193 e. The largest absolute Gasteiger partial charge is 0.490 e. The number of ether oxygens (including phenoxy) is 2. The van der Waals surface area contributed by atoms with Crippen LogP contribution in [0, 0.1) is 0 Å². The van der Waals surface area contributed by atoms with Gasteiger partial charge in [0.1, 0.15) is 0 Å². The Morgan fingerprint density at radius 3 is 2.46 bits per heavy atom. The van der Waals surface area contributed by atoms with Crippen LogP contribution in [-0.2, 0) is 13.0 Å². The van der Waals surface area contributed by atoms with E-state index in [0.717, 1.165) is 41.2 Å². The van der Waals surface area contributed by atoms with Crippen LogP contribution in [-0.4, -0.2) is 30.8 Å². The van der Waals surface area contributed by atoms with Crippen LogP contribution in [0.5, 0.6) is 11.5 Å². The van der Waals surface area contributed by atoms with Crippen LogP contribution in [0.2, 0.25) is 0 Å². The lowest BCUT2D eigenvalue weighted by molar-refractivity contribution is 0.282. The van der Waals surface area contributed by atoms with Gasteiger partial charge in [-0.2, -0.15) is 0 Å². The molecule has 6 nitrogen and oxygen atoms in total. The number of nitrogens with zero attached hydrogens (tertiary/aromatic N) is 1. The second-order valence-electron chi connectivity index (χ2n) is 5.83. The van der Waals surface area contributed by atoms with Crippen molar-refractivity contribution < 1.29 is 14.6 Å². The normalized spacial score (nSPS) is 13.5. The number of aliphatic imine (C=N–C) groups is 1. The van der Waals surface area contributed by atoms with E-state index in [1.54, 1.807) is 0 Å². The summed E-state index contributed by atoms with van der Waals surface area (Å²) in [7, 11) is 0. The molecule has 7 heteroatoms. The van der Waals surface area contributed by atoms with Crippen LogP contribution in [0.15, 0.2) is 47.5 Å². The predicted octanol–water partition coefficient (Wildman–Crippen LogP) is 2.93. The van der Waals surface area contributed by atoms with Gasteiger partial charge in [-0.3, -0.25) is 4.99 Å². The van der Waals surface area contributed by atoms with Crippen molar-refractivity contribution in [3.05, 3.63) is 53.6 Å². The summed E-state index contributed by atoms with van der Waals surface area (Å²) in [5, 5.41) is 12.1. The van der Waals surface area contributed by atoms with Crippen molar-refractivity contribution in [2.24, 2.45) is 10.7 Å². The Labute approximate surface area is 170 Å². The highest BCUT2D eigenvalue weighted by atomic mass is 127. The molecule has 0 saturated heterocycles. The molecule has 0 spiro atoms. The molecule has 0 saturated carbocycles. The van der Waals surface area contributed by atoms with E-state index < -0.39 is 0 Å². The van der Waals surface area contributed by atoms with E-state index in [9.17, 15) is 0 Å². The van der Waals surface area contributed by atoms with Gasteiger partial charge in [-0.25, -0.2) is 0 Å². The summed E-state index contributed by atoms with van der Waals surface area (Å²) in [5.41, 5.74) is 8.84. The molecule has 0 amide bonds. The molecule has 0 aliphatic carbocycles. The third-order valence-electron chi connectivity index (χ3n) is 3.91. The fraction of sp³-hybridized carbons (Fsp3) is 0.316. The summed E-state index contributed by atoms with van der Waals surface area (Å²) in [6.45, 7) is 1.96. The van der Waals surface area contributed by atoms with Crippen LogP contribution < -0.4 is 20.5 Å². The first-order valence-corrected chi connectivity index (χ1v) is 8.40. The van der Waals surface area contributed by atoms with Gasteiger partial charge in [-0.05, 0) is 29.7 Å². The minimum atomic E-state index is 0. The van der Waals surface area contributed by atoms with Gasteiger partial charge < -0.3 is 25.6 Å². The lowest BCUT2D eigenvalue weighted by Crippen LogP contribution is -2.23. The Morgan fingerprint density at radius 2 is 1.73 bits per heavy atom. The summed E-state index contributed by atoms with van der Waals surface area (Å²) < 4.78 is 11.3. The first kappa shape index (κ1) is 20.3. The molecule has 0 atom stereocenters. The van der Waals surface area contributed by atoms with E-state index >= 15 is 0 Å². The molecule has 0 aromatic heterocycles. The van der Waals surface area contributed by atoms with Gasteiger partial charge >= 0.3 is 0 Å². The van der Waals surface area contributed by atoms with E-state index in [1.165, 1.54) is 0 Å². The van der Waals surface area contributed by atoms with E-state index in [-0.39, 0.29) is 30.6 Å². The van der Waals surface area contributed by atoms with Crippen LogP contribution in [0.1, 0.15) is 17.5 Å². The van der Waals surface area contributed by atoms with E-state index in [4.69, 9.17) is 20.3 Å². The van der Waals surface area contributed by atoms with Crippen molar-refractivity contribution in [1.82, 2.24) is 0 Å². The van der Waals surface area contributed by atoms with E-state index in [0.29, 0.717) is 25.7 Å². The Morgan fingerprint density at radius 1 is 1.04 bits per heavy atom. The van der Waals surface area contributed by atoms with Gasteiger partial charge in [0.2, 0.25) is 0 Å². The average Bonchev–Trinajstić information content (AvgIpc) is 2.87. The molecule has 2 aromatic rings. The van der Waals surface area contributed by atoms with Crippen molar-refractivity contribution in [2.75, 3.05) is 25.1 Å². The second-order valence-corrected chi connectivity index (χ2v) is 5.83. The maximum atomic E-state index is 9.04. The molecule has 1 aliphatic rings. The first-order chi connectivity index (χ1) is 12.2. The number of benzene rings is 2. The number of rotatable bonds is 5. The van der Waals surface area contributed by atoms with Crippen LogP contribution in [0.4, 0.5) is 5.69 Å². The highest BCUT2D eigenvalue weighted by Crippen LogP contribution is 2.32. The van der Waals surface area contributed by atoms with Gasteiger partial charge in [0, 0.05) is 24.7 Å². The second kappa shape index (κ2) is 10.2. The van der Waals surface area contributed by atoms with E-state index in [1.807, 2.05) is 42.5 Å². The molecule has 4 N–H and O–H groups in total. The average molecular weight is 469 g/mol. The van der Waals surface area contributed by atoms with Crippen molar-refractivity contribution >= 4 is 35.6 Å². The van der Waals surface area contributed by atoms with Crippen molar-refractivity contribution in [3.8, 4) is 11.5 Å². The van der Waals surface area contributed by atoms with Gasteiger partial charge in [-0.1, -0.05) is 24.3 Å². The number of fused-ring (bicyclic) bond motifs is 1. The minimum absolute atomic E-state index is 0. The Bertz CT molecular complexity index is 735. The molecule has 0 fully saturated rings. The Balaban J connectivity index is 0.00000243. The lowest BCUT2D eigenvalue weighted by Gasteiger charge is -2.10. The van der Waals surface area contributed by atoms with Gasteiger partial charge in [0.25, 0.3) is 0 Å². The van der Waals surface area contributed by atoms with Crippen molar-refractivity contribution in [1.29, 1.82) is 0 Å². The minimum Gasteiger partial charge on any atom is -0.490 e. The lowest BCUT2D eigenvalue weighted by atomic mass is 10.1. The molecular formula is C19H24IN3O3. The molecule has 0 unspecified atom stereocenters. The number of hydrogen-bond acceptors (Lipinski definition) is 4. The van der Waals surface area contributed by atoms with Crippen LogP contribution in [0.25, 0.3) is 0 Å². The Kier molecular flexibility index (Phi) is 7.99. The van der Waals surface area contributed by atoms with Gasteiger partial charge in [-0.15, -0.1) is 24.0 Å². The highest BCUT2D eigenvalue weighted by molar-refractivity contribution is 14.0. The summed E-state index contributed by atoms with van der Waals surface area (Å²) in [4.78, 5) is 4.35. The molecule has 0 radical (unpaired) electrons. The molecule has 3 rings (SSSR count). The fourth-order valence-electron chi connectivity index (χ4n) is 2.55. The summed E-state index contributed by atoms with van der Waals surface area (Å²) in [6.07, 6.45) is 1.66. The predicted molar refractivity (Wildman–Crippen MR) is 114 cm³/mol. The third-order valence-corrected chi connectivity index (χ3v) is 3.91. The number of halogens is 1. The zero-order valence-corrected chi connectivity index (χ0v) is 16.8. The first-order valence-electron chi connectivity index (χ1n) is 8.40. The summed E-state index contributed by atoms with van der Waals surface area (Å²) in [6, 6.07) is 13.5. The number of nitrogens with one attached hydrogen (secondary N) is 1. The zero-order valence-electron chi connectivity index (χ0n) is 14.5. The smallest absolute Gasteiger partial charge is 0.193 e. The maximum absolute atomic E-state index is 9.04. The number of hydrogen-bond donors (Lipinski definition) is 3. The fourth-order valence-corrected chi connectivity index (χ4v) is 2.55. The molecule has 26 heavy (non-hydrogen) atoms. The number of anilines is 1. The molecule has 1 heterocycles. The monoisotopic (exact) mass is 469 g/mol. The summed E-state index contributed by atoms with van der Waals surface area (Å²) >= 11 is 0. The molecular weight excluding hydrogens is 445 g/mol. The standard InChI is InChI=1S/C19H23N3O3.HI/c20-19(21-9-8-14-2-4-15(13-23)5-3-14)22-16-6-7-17-18(12-16)25-11-1-10-24-17;/h2-7,12,23H,1,8-11,13H2,(H3,20,21,22);1H. The number of guanidine groups is 1. The van der Waals surface area contributed by atoms with Gasteiger partial charge in [0.05, 0.1) is 19.8 Å². The van der Waals surface area contributed by atoms with Crippen molar-refractivity contribution in [2.45, 2.75) is 19.4 Å². The van der Waals surface area contributed by atoms with Crippen LogP contribution in [0.3, 0.4) is 0 Å². The topological polar surface area (TPSA) is 89.1 Å². The number of aliphatic hydroxyl groups excluding tert-OH is 1. The quantitative estimate of drug-likeness (QED) is 0.356.